The van der Waals surface area contributed by atoms with Gasteiger partial charge in [-0.15, -0.1) is 0 Å². The average Bonchev–Trinajstić information content (AvgIpc) is 2.76. The highest BCUT2D eigenvalue weighted by Crippen LogP contribution is 2.36. The van der Waals surface area contributed by atoms with E-state index in [0.717, 1.165) is 11.2 Å². The van der Waals surface area contributed by atoms with Crippen LogP contribution in [0.25, 0.3) is 0 Å². The van der Waals surface area contributed by atoms with Crippen LogP contribution < -0.4 is 5.46 Å². The van der Waals surface area contributed by atoms with Gasteiger partial charge in [-0.25, -0.2) is 0 Å². The molecule has 1 aliphatic rings. The number of hydrogen-bond donors (Lipinski definition) is 0. The first kappa shape index (κ1) is 16.9. The number of carbonyl (C=O) groups is 1. The summed E-state index contributed by atoms with van der Waals surface area (Å²) < 4.78 is 12.1. The molecule has 0 radical (unpaired) electrons. The summed E-state index contributed by atoms with van der Waals surface area (Å²) in [6.07, 6.45) is 2.00. The maximum Gasteiger partial charge on any atom is 0.494 e. The Balaban J connectivity index is 1.71. The van der Waals surface area contributed by atoms with Crippen LogP contribution in [-0.2, 0) is 15.7 Å². The van der Waals surface area contributed by atoms with E-state index in [1.807, 2.05) is 70.2 Å². The predicted molar refractivity (Wildman–Crippen MR) is 94.4 cm³/mol. The van der Waals surface area contributed by atoms with Gasteiger partial charge in [-0.05, 0) is 45.3 Å². The lowest BCUT2D eigenvalue weighted by Crippen LogP contribution is -2.41. The molecule has 0 saturated carbocycles. The third-order valence-corrected chi connectivity index (χ3v) is 4.83. The summed E-state index contributed by atoms with van der Waals surface area (Å²) in [4.78, 5) is 16.5. The fourth-order valence-corrected chi connectivity index (χ4v) is 2.57. The van der Waals surface area contributed by atoms with Crippen molar-refractivity contribution >= 4 is 18.4 Å². The third-order valence-electron chi connectivity index (χ3n) is 4.83. The van der Waals surface area contributed by atoms with Gasteiger partial charge in [0.05, 0.1) is 17.6 Å². The summed E-state index contributed by atoms with van der Waals surface area (Å²) in [5.41, 5.74) is 1.62. The smallest absolute Gasteiger partial charge is 0.399 e. The summed E-state index contributed by atoms with van der Waals surface area (Å²) in [5, 5.41) is 0. The molecule has 0 atom stereocenters. The Morgan fingerprint density at radius 3 is 2.17 bits per heavy atom. The van der Waals surface area contributed by atoms with Crippen molar-refractivity contribution in [3.05, 3.63) is 59.9 Å². The topological polar surface area (TPSA) is 48.4 Å². The lowest BCUT2D eigenvalue weighted by atomic mass is 9.78. The van der Waals surface area contributed by atoms with Gasteiger partial charge in [0, 0.05) is 17.5 Å². The van der Waals surface area contributed by atoms with Crippen LogP contribution in [-0.4, -0.2) is 29.1 Å². The molecule has 1 aromatic carbocycles. The molecule has 0 amide bonds. The van der Waals surface area contributed by atoms with Gasteiger partial charge >= 0.3 is 7.12 Å². The molecule has 4 nitrogen and oxygen atoms in total. The molecular weight excluding hydrogens is 301 g/mol. The van der Waals surface area contributed by atoms with Crippen molar-refractivity contribution in [2.24, 2.45) is 0 Å². The first-order valence-electron chi connectivity index (χ1n) is 8.17. The summed E-state index contributed by atoms with van der Waals surface area (Å²) in [7, 11) is -0.407. The monoisotopic (exact) mass is 323 g/mol. The first-order chi connectivity index (χ1) is 11.3. The second-order valence-electron chi connectivity index (χ2n) is 7.13. The zero-order valence-electron chi connectivity index (χ0n) is 14.6. The maximum absolute atomic E-state index is 12.4. The number of Topliss-reactive ketones (excluding diaryl/α,β-unsaturated/α-hetero) is 1. The maximum atomic E-state index is 12.4. The molecule has 124 valence electrons. The highest BCUT2D eigenvalue weighted by Gasteiger charge is 2.51. The molecule has 0 spiro atoms. The van der Waals surface area contributed by atoms with Crippen molar-refractivity contribution in [2.75, 3.05) is 0 Å². The Labute approximate surface area is 143 Å². The average molecular weight is 323 g/mol. The number of ketones is 1. The van der Waals surface area contributed by atoms with E-state index in [2.05, 4.69) is 4.98 Å². The largest absolute Gasteiger partial charge is 0.494 e. The Morgan fingerprint density at radius 1 is 1.00 bits per heavy atom. The van der Waals surface area contributed by atoms with Crippen LogP contribution in [0.3, 0.4) is 0 Å². The Hall–Kier alpha value is -1.98. The highest BCUT2D eigenvalue weighted by molar-refractivity contribution is 6.62. The number of benzene rings is 1. The van der Waals surface area contributed by atoms with Gasteiger partial charge in [0.15, 0.2) is 5.78 Å². The molecule has 24 heavy (non-hydrogen) atoms. The highest BCUT2D eigenvalue weighted by atomic mass is 16.7. The number of carbonyl (C=O) groups excluding carboxylic acids is 1. The van der Waals surface area contributed by atoms with Crippen LogP contribution in [0.5, 0.6) is 0 Å². The van der Waals surface area contributed by atoms with Crippen LogP contribution in [0.4, 0.5) is 0 Å². The van der Waals surface area contributed by atoms with Gasteiger partial charge in [0.2, 0.25) is 0 Å². The van der Waals surface area contributed by atoms with E-state index in [1.165, 1.54) is 0 Å². The third kappa shape index (κ3) is 3.28. The van der Waals surface area contributed by atoms with Crippen molar-refractivity contribution in [2.45, 2.75) is 45.3 Å². The normalized spacial score (nSPS) is 18.6. The number of pyridine rings is 1. The van der Waals surface area contributed by atoms with Gasteiger partial charge in [0.1, 0.15) is 0 Å². The van der Waals surface area contributed by atoms with Gasteiger partial charge in [-0.2, -0.15) is 0 Å². The minimum absolute atomic E-state index is 0.0502. The SMILES string of the molecule is CC1(C)OB(c2ccc(C(=O)Cc3ccccn3)cc2)OC1(C)C. The summed E-state index contributed by atoms with van der Waals surface area (Å²) >= 11 is 0. The summed E-state index contributed by atoms with van der Waals surface area (Å²) in [5.74, 6) is 0.0502. The number of aromatic nitrogens is 1. The van der Waals surface area contributed by atoms with Gasteiger partial charge in [-0.3, -0.25) is 9.78 Å². The minimum atomic E-state index is -0.407. The molecular formula is C19H22BNO3. The molecule has 0 aliphatic carbocycles. The van der Waals surface area contributed by atoms with E-state index in [4.69, 9.17) is 9.31 Å². The molecule has 0 unspecified atom stereocenters. The predicted octanol–water partition coefficient (Wildman–Crippen LogP) is 2.81. The van der Waals surface area contributed by atoms with Crippen LogP contribution in [0.15, 0.2) is 48.7 Å². The van der Waals surface area contributed by atoms with Crippen molar-refractivity contribution in [3.8, 4) is 0 Å². The fraction of sp³-hybridized carbons (Fsp3) is 0.368. The zero-order valence-corrected chi connectivity index (χ0v) is 14.6. The number of rotatable bonds is 4. The van der Waals surface area contributed by atoms with Gasteiger partial charge in [0.25, 0.3) is 0 Å². The van der Waals surface area contributed by atoms with Crippen LogP contribution in [0.2, 0.25) is 0 Å². The lowest BCUT2D eigenvalue weighted by Gasteiger charge is -2.32. The van der Waals surface area contributed by atoms with E-state index in [1.54, 1.807) is 6.20 Å². The van der Waals surface area contributed by atoms with Crippen LogP contribution >= 0.6 is 0 Å². The number of hydrogen-bond acceptors (Lipinski definition) is 4. The summed E-state index contributed by atoms with van der Waals surface area (Å²) in [6, 6.07) is 13.0. The molecule has 1 aliphatic heterocycles. The van der Waals surface area contributed by atoms with E-state index in [-0.39, 0.29) is 17.0 Å². The molecule has 0 N–H and O–H groups in total. The van der Waals surface area contributed by atoms with E-state index in [9.17, 15) is 4.79 Å². The molecule has 1 aromatic heterocycles. The second-order valence-corrected chi connectivity index (χ2v) is 7.13. The van der Waals surface area contributed by atoms with Crippen molar-refractivity contribution < 1.29 is 14.1 Å². The van der Waals surface area contributed by atoms with Crippen molar-refractivity contribution in [3.63, 3.8) is 0 Å². The zero-order chi connectivity index (χ0) is 17.4. The van der Waals surface area contributed by atoms with Crippen LogP contribution in [0.1, 0.15) is 43.7 Å². The van der Waals surface area contributed by atoms with Gasteiger partial charge < -0.3 is 9.31 Å². The first-order valence-corrected chi connectivity index (χ1v) is 8.17. The Bertz CT molecular complexity index is 710. The minimum Gasteiger partial charge on any atom is -0.399 e. The summed E-state index contributed by atoms with van der Waals surface area (Å²) in [6.45, 7) is 8.10. The van der Waals surface area contributed by atoms with E-state index >= 15 is 0 Å². The fourth-order valence-electron chi connectivity index (χ4n) is 2.57. The van der Waals surface area contributed by atoms with Crippen molar-refractivity contribution in [1.82, 2.24) is 4.98 Å². The lowest BCUT2D eigenvalue weighted by molar-refractivity contribution is 0.00578. The second kappa shape index (κ2) is 6.15. The van der Waals surface area contributed by atoms with Crippen molar-refractivity contribution in [1.29, 1.82) is 0 Å². The molecule has 3 rings (SSSR count). The van der Waals surface area contributed by atoms with Crippen LogP contribution in [0, 0.1) is 0 Å². The molecule has 0 bridgehead atoms. The number of nitrogens with zero attached hydrogens (tertiary/aromatic N) is 1. The molecule has 1 saturated heterocycles. The Kier molecular flexibility index (Phi) is 4.32. The molecule has 2 aromatic rings. The van der Waals surface area contributed by atoms with E-state index < -0.39 is 7.12 Å². The molecule has 1 fully saturated rings. The Morgan fingerprint density at radius 2 is 1.62 bits per heavy atom. The van der Waals surface area contributed by atoms with E-state index in [0.29, 0.717) is 12.0 Å². The molecule has 5 heteroatoms. The molecule has 2 heterocycles. The van der Waals surface area contributed by atoms with Gasteiger partial charge in [-0.1, -0.05) is 30.3 Å². The standard InChI is InChI=1S/C19H22BNO3/c1-18(2)19(3,4)24-20(23-18)15-10-8-14(9-11-15)17(22)13-16-7-5-6-12-21-16/h5-12H,13H2,1-4H3. The quantitative estimate of drug-likeness (QED) is 0.641.